The molecular formula is C16H13FN2O2. The van der Waals surface area contributed by atoms with Gasteiger partial charge in [-0.05, 0) is 29.8 Å². The fraction of sp³-hybridized carbons (Fsp3) is 0.125. The molecule has 1 heterocycles. The van der Waals surface area contributed by atoms with Crippen molar-refractivity contribution >= 4 is 11.7 Å². The second-order valence-electron chi connectivity index (χ2n) is 4.24. The minimum atomic E-state index is -0.375. The van der Waals surface area contributed by atoms with Crippen LogP contribution in [0.5, 0.6) is 0 Å². The Balaban J connectivity index is 2.02. The summed E-state index contributed by atoms with van der Waals surface area (Å²) in [6, 6.07) is 9.15. The van der Waals surface area contributed by atoms with Gasteiger partial charge in [0.05, 0.1) is 6.42 Å². The van der Waals surface area contributed by atoms with Crippen molar-refractivity contribution in [2.75, 3.05) is 11.9 Å². The van der Waals surface area contributed by atoms with Crippen LogP contribution in [0.1, 0.15) is 11.1 Å². The Morgan fingerprint density at radius 1 is 1.33 bits per heavy atom. The van der Waals surface area contributed by atoms with E-state index in [2.05, 4.69) is 22.1 Å². The molecule has 0 saturated heterocycles. The zero-order chi connectivity index (χ0) is 15.1. The highest BCUT2D eigenvalue weighted by atomic mass is 19.1. The average molecular weight is 284 g/mol. The first-order chi connectivity index (χ1) is 10.2. The maximum atomic E-state index is 13.0. The molecule has 4 nitrogen and oxygen atoms in total. The molecular weight excluding hydrogens is 271 g/mol. The number of benzene rings is 1. The molecule has 2 rings (SSSR count). The molecule has 0 saturated carbocycles. The third-order valence-corrected chi connectivity index (χ3v) is 2.59. The van der Waals surface area contributed by atoms with Gasteiger partial charge in [-0.25, -0.2) is 9.37 Å². The summed E-state index contributed by atoms with van der Waals surface area (Å²) in [7, 11) is 0. The molecule has 0 atom stereocenters. The summed E-state index contributed by atoms with van der Waals surface area (Å²) in [4.78, 5) is 15.9. The topological polar surface area (TPSA) is 62.2 Å². The number of aliphatic hydroxyl groups is 1. The summed E-state index contributed by atoms with van der Waals surface area (Å²) in [5.41, 5.74) is 1.23. The molecule has 0 radical (unpaired) electrons. The number of aliphatic hydroxyl groups excluding tert-OH is 1. The van der Waals surface area contributed by atoms with Crippen LogP contribution < -0.4 is 5.32 Å². The molecule has 0 aliphatic carbocycles. The van der Waals surface area contributed by atoms with Crippen molar-refractivity contribution in [3.63, 3.8) is 0 Å². The Morgan fingerprint density at radius 3 is 2.95 bits per heavy atom. The fourth-order valence-electron chi connectivity index (χ4n) is 1.74. The number of amides is 1. The van der Waals surface area contributed by atoms with E-state index in [0.717, 1.165) is 0 Å². The minimum Gasteiger partial charge on any atom is -0.384 e. The lowest BCUT2D eigenvalue weighted by Gasteiger charge is -2.05. The van der Waals surface area contributed by atoms with Gasteiger partial charge in [-0.3, -0.25) is 4.79 Å². The predicted molar refractivity (Wildman–Crippen MR) is 76.9 cm³/mol. The van der Waals surface area contributed by atoms with E-state index in [9.17, 15) is 9.18 Å². The molecule has 1 aromatic carbocycles. The standard InChI is InChI=1S/C16H13FN2O2/c17-14-5-1-3-13(9-14)11-16(21)19-15-10-12(4-2-8-20)6-7-18-15/h1,3,5-7,9-10,20H,8,11H2,(H,18,19,21). The monoisotopic (exact) mass is 284 g/mol. The van der Waals surface area contributed by atoms with Crippen LogP contribution in [-0.4, -0.2) is 22.6 Å². The van der Waals surface area contributed by atoms with Gasteiger partial charge in [0, 0.05) is 11.8 Å². The van der Waals surface area contributed by atoms with Gasteiger partial charge in [-0.15, -0.1) is 0 Å². The van der Waals surface area contributed by atoms with E-state index in [1.54, 1.807) is 24.3 Å². The lowest BCUT2D eigenvalue weighted by atomic mass is 10.1. The molecule has 0 bridgehead atoms. The summed E-state index contributed by atoms with van der Waals surface area (Å²) < 4.78 is 13.0. The number of pyridine rings is 1. The molecule has 1 amide bonds. The third kappa shape index (κ3) is 4.71. The van der Waals surface area contributed by atoms with Gasteiger partial charge in [-0.1, -0.05) is 24.0 Å². The molecule has 0 fully saturated rings. The van der Waals surface area contributed by atoms with Crippen LogP contribution in [0.25, 0.3) is 0 Å². The van der Waals surface area contributed by atoms with Crippen LogP contribution in [0.4, 0.5) is 10.2 Å². The number of hydrogen-bond acceptors (Lipinski definition) is 3. The van der Waals surface area contributed by atoms with Crippen LogP contribution in [-0.2, 0) is 11.2 Å². The van der Waals surface area contributed by atoms with E-state index in [-0.39, 0.29) is 24.8 Å². The van der Waals surface area contributed by atoms with E-state index < -0.39 is 0 Å². The van der Waals surface area contributed by atoms with Gasteiger partial charge < -0.3 is 10.4 Å². The molecule has 106 valence electrons. The van der Waals surface area contributed by atoms with Crippen molar-refractivity contribution in [2.24, 2.45) is 0 Å². The van der Waals surface area contributed by atoms with Crippen molar-refractivity contribution in [3.8, 4) is 11.8 Å². The maximum Gasteiger partial charge on any atom is 0.229 e. The lowest BCUT2D eigenvalue weighted by molar-refractivity contribution is -0.115. The number of hydrogen-bond donors (Lipinski definition) is 2. The number of halogens is 1. The summed E-state index contributed by atoms with van der Waals surface area (Å²) >= 11 is 0. The number of nitrogens with one attached hydrogen (secondary N) is 1. The quantitative estimate of drug-likeness (QED) is 0.844. The summed E-state index contributed by atoms with van der Waals surface area (Å²) in [6.45, 7) is -0.233. The minimum absolute atomic E-state index is 0.0615. The summed E-state index contributed by atoms with van der Waals surface area (Å²) in [5.74, 6) is 4.93. The van der Waals surface area contributed by atoms with Crippen LogP contribution in [0, 0.1) is 17.7 Å². The van der Waals surface area contributed by atoms with E-state index in [1.165, 1.54) is 18.3 Å². The van der Waals surface area contributed by atoms with Crippen LogP contribution >= 0.6 is 0 Å². The molecule has 0 aliphatic rings. The Kier molecular flexibility index (Phi) is 5.02. The van der Waals surface area contributed by atoms with E-state index >= 15 is 0 Å². The molecule has 2 N–H and O–H groups in total. The van der Waals surface area contributed by atoms with Crippen LogP contribution in [0.2, 0.25) is 0 Å². The van der Waals surface area contributed by atoms with Gasteiger partial charge in [0.2, 0.25) is 5.91 Å². The number of carbonyl (C=O) groups excluding carboxylic acids is 1. The first-order valence-electron chi connectivity index (χ1n) is 6.27. The highest BCUT2D eigenvalue weighted by Gasteiger charge is 2.06. The average Bonchev–Trinajstić information content (AvgIpc) is 2.45. The summed E-state index contributed by atoms with van der Waals surface area (Å²) in [6.07, 6.45) is 1.57. The Hall–Kier alpha value is -2.71. The second kappa shape index (κ2) is 7.17. The lowest BCUT2D eigenvalue weighted by Crippen LogP contribution is -2.15. The molecule has 2 aromatic rings. The van der Waals surface area contributed by atoms with E-state index in [1.807, 2.05) is 0 Å². The SMILES string of the molecule is O=C(Cc1cccc(F)c1)Nc1cc(C#CCO)ccn1. The fourth-order valence-corrected chi connectivity index (χ4v) is 1.74. The Bertz CT molecular complexity index is 705. The van der Waals surface area contributed by atoms with E-state index in [0.29, 0.717) is 16.9 Å². The number of carbonyl (C=O) groups is 1. The van der Waals surface area contributed by atoms with Crippen molar-refractivity contribution < 1.29 is 14.3 Å². The zero-order valence-corrected chi connectivity index (χ0v) is 11.1. The first kappa shape index (κ1) is 14.7. The maximum absolute atomic E-state index is 13.0. The van der Waals surface area contributed by atoms with Crippen molar-refractivity contribution in [2.45, 2.75) is 6.42 Å². The van der Waals surface area contributed by atoms with Gasteiger partial charge in [0.25, 0.3) is 0 Å². The molecule has 5 heteroatoms. The molecule has 0 aliphatic heterocycles. The number of rotatable bonds is 3. The smallest absolute Gasteiger partial charge is 0.229 e. The van der Waals surface area contributed by atoms with Crippen molar-refractivity contribution in [1.29, 1.82) is 0 Å². The highest BCUT2D eigenvalue weighted by Crippen LogP contribution is 2.08. The molecule has 1 aromatic heterocycles. The highest BCUT2D eigenvalue weighted by molar-refractivity contribution is 5.91. The Labute approximate surface area is 121 Å². The number of anilines is 1. The first-order valence-corrected chi connectivity index (χ1v) is 6.27. The summed E-state index contributed by atoms with van der Waals surface area (Å²) in [5, 5.41) is 11.3. The number of aromatic nitrogens is 1. The van der Waals surface area contributed by atoms with Gasteiger partial charge in [-0.2, -0.15) is 0 Å². The zero-order valence-electron chi connectivity index (χ0n) is 11.1. The van der Waals surface area contributed by atoms with Gasteiger partial charge >= 0.3 is 0 Å². The predicted octanol–water partition coefficient (Wildman–Crippen LogP) is 1.75. The second-order valence-corrected chi connectivity index (χ2v) is 4.24. The van der Waals surface area contributed by atoms with Crippen molar-refractivity contribution in [3.05, 3.63) is 59.5 Å². The Morgan fingerprint density at radius 2 is 2.19 bits per heavy atom. The normalized spacial score (nSPS) is 9.62. The molecule has 0 spiro atoms. The van der Waals surface area contributed by atoms with Crippen LogP contribution in [0.15, 0.2) is 42.6 Å². The molecule has 21 heavy (non-hydrogen) atoms. The third-order valence-electron chi connectivity index (χ3n) is 2.59. The number of nitrogens with zero attached hydrogens (tertiary/aromatic N) is 1. The van der Waals surface area contributed by atoms with Gasteiger partial charge in [0.1, 0.15) is 18.2 Å². The van der Waals surface area contributed by atoms with Crippen molar-refractivity contribution in [1.82, 2.24) is 4.98 Å². The van der Waals surface area contributed by atoms with Gasteiger partial charge in [0.15, 0.2) is 0 Å². The largest absolute Gasteiger partial charge is 0.384 e. The van der Waals surface area contributed by atoms with Crippen LogP contribution in [0.3, 0.4) is 0 Å². The van der Waals surface area contributed by atoms with E-state index in [4.69, 9.17) is 5.11 Å². The molecule has 0 unspecified atom stereocenters.